The predicted octanol–water partition coefficient (Wildman–Crippen LogP) is 6.70. The fourth-order valence-electron chi connectivity index (χ4n) is 6.91. The summed E-state index contributed by atoms with van der Waals surface area (Å²) in [5.41, 5.74) is 18.9. The van der Waals surface area contributed by atoms with Gasteiger partial charge in [-0.3, -0.25) is 9.89 Å². The third kappa shape index (κ3) is 9.51. The molecule has 0 radical (unpaired) electrons. The summed E-state index contributed by atoms with van der Waals surface area (Å²) in [6, 6.07) is 14.5. The first-order valence-electron chi connectivity index (χ1n) is 19.3. The molecule has 8 N–H and O–H groups in total. The van der Waals surface area contributed by atoms with Crippen molar-refractivity contribution in [3.63, 3.8) is 0 Å². The number of benzene rings is 2. The normalized spacial score (nSPS) is 13.8. The second-order valence-electron chi connectivity index (χ2n) is 16.6. The van der Waals surface area contributed by atoms with E-state index in [4.69, 9.17) is 26.0 Å². The Morgan fingerprint density at radius 1 is 0.746 bits per heavy atom. The third-order valence-corrected chi connectivity index (χ3v) is 9.59. The quantitative estimate of drug-likeness (QED) is 0.108. The molecule has 0 bridgehead atoms. The van der Waals surface area contributed by atoms with Crippen LogP contribution in [-0.4, -0.2) is 93.2 Å². The van der Waals surface area contributed by atoms with Crippen LogP contribution >= 0.6 is 0 Å². The minimum atomic E-state index is -0.885. The zero-order valence-electron chi connectivity index (χ0n) is 34.6. The summed E-state index contributed by atoms with van der Waals surface area (Å²) in [7, 11) is 0. The van der Waals surface area contributed by atoms with Gasteiger partial charge >= 0.3 is 18.2 Å². The Kier molecular flexibility index (Phi) is 11.5. The molecule has 0 saturated heterocycles. The number of nitrogens with two attached hydrogens (primary N) is 2. The maximum Gasteiger partial charge on any atom is 0.410 e. The fraction of sp³-hybridized carbons (Fsp3) is 0.381. The minimum Gasteiger partial charge on any atom is -0.478 e. The van der Waals surface area contributed by atoms with Crippen molar-refractivity contribution in [1.29, 1.82) is 0 Å². The number of H-pyrrole nitrogens is 3. The molecule has 17 heteroatoms. The molecule has 6 heterocycles. The number of aryl methyl sites for hydroxylation is 2. The van der Waals surface area contributed by atoms with Crippen LogP contribution in [0.5, 0.6) is 0 Å². The van der Waals surface area contributed by atoms with Crippen LogP contribution < -0.4 is 11.5 Å². The van der Waals surface area contributed by atoms with E-state index in [9.17, 15) is 19.2 Å². The smallest absolute Gasteiger partial charge is 0.410 e. The second-order valence-corrected chi connectivity index (χ2v) is 16.6. The molecular weight excluding hydrogens is 757 g/mol. The standard InChI is InChI=1S/C21H25N5O3.C11H18N4O2.C10H9NO2/c1-12-10-14-13(6-5-7-16(14)23-12)19(27)26-18(22)15-11-25(9-8-17(15)24-26)20(28)29-21(2,3)4;1-11(2,3)17-10(16)15-5-4-8-7(6-15)9(12)14-13-8;1-6-5-8-7(10(12)13)3-2-4-9(8)11-6/h5-7,10,23H,8-9,11,22H2,1-4H3;4-6H2,1-3H3,(H3,12,13,14);2-5,11H,1H3,(H,12,13). The van der Waals surface area contributed by atoms with Crippen molar-refractivity contribution in [3.05, 3.63) is 93.6 Å². The zero-order chi connectivity index (χ0) is 43.0. The third-order valence-electron chi connectivity index (χ3n) is 9.59. The number of fused-ring (bicyclic) bond motifs is 4. The van der Waals surface area contributed by atoms with Crippen molar-refractivity contribution >= 4 is 57.5 Å². The monoisotopic (exact) mass is 808 g/mol. The number of aromatic nitrogens is 6. The first-order chi connectivity index (χ1) is 27.7. The molecule has 4 aromatic heterocycles. The van der Waals surface area contributed by atoms with Gasteiger partial charge in [-0.05, 0) is 91.8 Å². The van der Waals surface area contributed by atoms with E-state index in [0.29, 0.717) is 48.6 Å². The van der Waals surface area contributed by atoms with Crippen molar-refractivity contribution in [2.75, 3.05) is 24.6 Å². The number of carboxylic acids is 1. The number of nitrogens with one attached hydrogen (secondary N) is 3. The van der Waals surface area contributed by atoms with Gasteiger partial charge in [0.2, 0.25) is 0 Å². The van der Waals surface area contributed by atoms with Gasteiger partial charge in [0.15, 0.2) is 0 Å². The number of carboxylic acid groups (broad SMARTS) is 1. The van der Waals surface area contributed by atoms with Crippen molar-refractivity contribution in [3.8, 4) is 0 Å². The molecule has 8 rings (SSSR count). The van der Waals surface area contributed by atoms with Gasteiger partial charge in [-0.2, -0.15) is 14.9 Å². The van der Waals surface area contributed by atoms with E-state index in [0.717, 1.165) is 56.6 Å². The highest BCUT2D eigenvalue weighted by Crippen LogP contribution is 2.28. The summed E-state index contributed by atoms with van der Waals surface area (Å²) in [4.78, 5) is 57.9. The van der Waals surface area contributed by atoms with Crippen LogP contribution in [0.3, 0.4) is 0 Å². The molecule has 0 fully saturated rings. The molecule has 2 aromatic carbocycles. The number of ether oxygens (including phenoxy) is 2. The summed E-state index contributed by atoms with van der Waals surface area (Å²) in [5.74, 6) is -0.439. The number of aromatic carboxylic acids is 1. The zero-order valence-corrected chi connectivity index (χ0v) is 34.6. The van der Waals surface area contributed by atoms with Crippen LogP contribution in [0.1, 0.15) is 96.2 Å². The van der Waals surface area contributed by atoms with Crippen LogP contribution in [0.4, 0.5) is 21.2 Å². The lowest BCUT2D eigenvalue weighted by Gasteiger charge is -2.29. The van der Waals surface area contributed by atoms with Gasteiger partial charge in [0.25, 0.3) is 5.91 Å². The number of nitrogens with zero attached hydrogens (tertiary/aromatic N) is 5. The highest BCUT2D eigenvalue weighted by molar-refractivity contribution is 6.08. The van der Waals surface area contributed by atoms with Gasteiger partial charge in [-0.1, -0.05) is 12.1 Å². The van der Waals surface area contributed by atoms with E-state index in [-0.39, 0.29) is 24.4 Å². The van der Waals surface area contributed by atoms with Gasteiger partial charge in [-0.15, -0.1) is 0 Å². The maximum absolute atomic E-state index is 13.2. The second kappa shape index (κ2) is 16.2. The summed E-state index contributed by atoms with van der Waals surface area (Å²) < 4.78 is 12.0. The lowest BCUT2D eigenvalue weighted by Crippen LogP contribution is -2.39. The highest BCUT2D eigenvalue weighted by Gasteiger charge is 2.31. The van der Waals surface area contributed by atoms with Crippen LogP contribution in [0.25, 0.3) is 21.8 Å². The van der Waals surface area contributed by atoms with Crippen molar-refractivity contribution in [2.24, 2.45) is 0 Å². The fourth-order valence-corrected chi connectivity index (χ4v) is 6.91. The Bertz CT molecular complexity index is 2550. The first-order valence-corrected chi connectivity index (χ1v) is 19.3. The van der Waals surface area contributed by atoms with E-state index >= 15 is 0 Å². The summed E-state index contributed by atoms with van der Waals surface area (Å²) in [5, 5.41) is 21.8. The van der Waals surface area contributed by atoms with E-state index in [1.165, 1.54) is 4.68 Å². The molecule has 0 aliphatic carbocycles. The number of carbonyl (C=O) groups is 4. The van der Waals surface area contributed by atoms with Crippen molar-refractivity contribution in [1.82, 2.24) is 39.7 Å². The van der Waals surface area contributed by atoms with E-state index < -0.39 is 23.3 Å². The Morgan fingerprint density at radius 3 is 1.80 bits per heavy atom. The summed E-state index contributed by atoms with van der Waals surface area (Å²) >= 11 is 0. The van der Waals surface area contributed by atoms with E-state index in [2.05, 4.69) is 25.3 Å². The lowest BCUT2D eigenvalue weighted by atomic mass is 10.1. The molecule has 0 unspecified atom stereocenters. The first kappa shape index (κ1) is 41.8. The number of rotatable bonds is 2. The highest BCUT2D eigenvalue weighted by atomic mass is 16.6. The number of hydrogen-bond donors (Lipinski definition) is 6. The largest absolute Gasteiger partial charge is 0.478 e. The van der Waals surface area contributed by atoms with Crippen LogP contribution in [-0.2, 0) is 35.4 Å². The molecule has 2 aliphatic heterocycles. The number of carbonyl (C=O) groups excluding carboxylic acids is 3. The number of nitrogen functional groups attached to an aromatic ring is 2. The summed E-state index contributed by atoms with van der Waals surface area (Å²) in [6.07, 6.45) is 0.559. The number of aromatic amines is 3. The average molecular weight is 809 g/mol. The van der Waals surface area contributed by atoms with Gasteiger partial charge in [0.1, 0.15) is 22.8 Å². The van der Waals surface area contributed by atoms with E-state index in [1.54, 1.807) is 28.0 Å². The minimum absolute atomic E-state index is 0.266. The van der Waals surface area contributed by atoms with Crippen molar-refractivity contribution < 1.29 is 33.8 Å². The Morgan fingerprint density at radius 2 is 1.25 bits per heavy atom. The van der Waals surface area contributed by atoms with Gasteiger partial charge < -0.3 is 45.8 Å². The van der Waals surface area contributed by atoms with Gasteiger partial charge in [-0.25, -0.2) is 14.4 Å². The van der Waals surface area contributed by atoms with Gasteiger partial charge in [0, 0.05) is 75.9 Å². The van der Waals surface area contributed by atoms with Crippen LogP contribution in [0.15, 0.2) is 48.5 Å². The lowest BCUT2D eigenvalue weighted by molar-refractivity contribution is 0.0214. The molecule has 6 aromatic rings. The van der Waals surface area contributed by atoms with Crippen LogP contribution in [0.2, 0.25) is 0 Å². The molecular formula is C42H52N10O7. The molecule has 59 heavy (non-hydrogen) atoms. The van der Waals surface area contributed by atoms with Gasteiger partial charge in [0.05, 0.1) is 29.9 Å². The molecule has 17 nitrogen and oxygen atoms in total. The molecule has 0 atom stereocenters. The van der Waals surface area contributed by atoms with E-state index in [1.807, 2.05) is 85.7 Å². The van der Waals surface area contributed by atoms with Crippen molar-refractivity contribution in [2.45, 2.75) is 92.5 Å². The molecule has 2 aliphatic rings. The number of hydrogen-bond acceptors (Lipinski definition) is 10. The molecule has 0 spiro atoms. The average Bonchev–Trinajstić information content (AvgIpc) is 3.92. The Labute approximate surface area is 341 Å². The molecule has 0 saturated carbocycles. The number of amides is 2. The predicted molar refractivity (Wildman–Crippen MR) is 223 cm³/mol. The maximum atomic E-state index is 13.2. The Hall–Kier alpha value is -6.78. The van der Waals surface area contributed by atoms with Crippen LogP contribution in [0, 0.1) is 13.8 Å². The topological polar surface area (TPSA) is 244 Å². The molecule has 2 amide bonds. The Balaban J connectivity index is 0.000000165. The summed E-state index contributed by atoms with van der Waals surface area (Å²) in [6.45, 7) is 16.7. The number of anilines is 2. The SMILES string of the molecule is CC(C)(C)OC(=O)N1CCc2[nH]nc(N)c2C1.Cc1cc2c(C(=O)O)cccc2[nH]1.Cc1cc2c(C(=O)n3nc4c(c3N)CN(C(=O)OC(C)(C)C)CC4)cccc2[nH]1. The molecule has 312 valence electrons.